The van der Waals surface area contributed by atoms with E-state index < -0.39 is 11.2 Å². The first kappa shape index (κ1) is 14.5. The fraction of sp³-hybridized carbons (Fsp3) is 0.235. The fourth-order valence-corrected chi connectivity index (χ4v) is 3.09. The molecule has 4 rings (SSSR count). The van der Waals surface area contributed by atoms with Gasteiger partial charge in [-0.25, -0.2) is 4.79 Å². The van der Waals surface area contributed by atoms with Gasteiger partial charge < -0.3 is 4.98 Å². The summed E-state index contributed by atoms with van der Waals surface area (Å²) in [6.45, 7) is 1.92. The number of aromatic nitrogens is 5. The van der Waals surface area contributed by atoms with E-state index in [0.717, 1.165) is 17.7 Å². The lowest BCUT2D eigenvalue weighted by atomic mass is 10.0. The molecule has 0 unspecified atom stereocenters. The number of H-pyrrole nitrogens is 2. The Kier molecular flexibility index (Phi) is 3.34. The molecule has 24 heavy (non-hydrogen) atoms. The van der Waals surface area contributed by atoms with Gasteiger partial charge in [0.15, 0.2) is 0 Å². The van der Waals surface area contributed by atoms with Crippen LogP contribution in [0.4, 0.5) is 0 Å². The predicted octanol–water partition coefficient (Wildman–Crippen LogP) is 1.49. The zero-order valence-corrected chi connectivity index (χ0v) is 13.0. The van der Waals surface area contributed by atoms with Crippen molar-refractivity contribution in [3.8, 4) is 11.3 Å². The molecule has 0 aromatic carbocycles. The van der Waals surface area contributed by atoms with Crippen LogP contribution < -0.4 is 11.2 Å². The van der Waals surface area contributed by atoms with Crippen LogP contribution in [0, 0.1) is 6.92 Å². The van der Waals surface area contributed by atoms with E-state index in [-0.39, 0.29) is 0 Å². The zero-order valence-electron chi connectivity index (χ0n) is 13.0. The van der Waals surface area contributed by atoms with Crippen LogP contribution in [0.1, 0.15) is 35.1 Å². The van der Waals surface area contributed by atoms with E-state index in [0.29, 0.717) is 23.1 Å². The van der Waals surface area contributed by atoms with Gasteiger partial charge in [0, 0.05) is 18.6 Å². The molecule has 7 nitrogen and oxygen atoms in total. The van der Waals surface area contributed by atoms with Crippen LogP contribution >= 0.6 is 0 Å². The van der Waals surface area contributed by atoms with Gasteiger partial charge in [-0.3, -0.25) is 14.8 Å². The highest BCUT2D eigenvalue weighted by Crippen LogP contribution is 2.55. The molecule has 7 heteroatoms. The zero-order chi connectivity index (χ0) is 16.7. The van der Waals surface area contributed by atoms with Gasteiger partial charge in [-0.1, -0.05) is 0 Å². The molecule has 0 aliphatic heterocycles. The molecule has 1 fully saturated rings. The molecule has 0 radical (unpaired) electrons. The highest BCUT2D eigenvalue weighted by molar-refractivity contribution is 5.58. The van der Waals surface area contributed by atoms with Crippen molar-refractivity contribution in [2.75, 3.05) is 0 Å². The van der Waals surface area contributed by atoms with Crippen LogP contribution in [0.3, 0.4) is 0 Å². The van der Waals surface area contributed by atoms with Crippen molar-refractivity contribution in [2.24, 2.45) is 0 Å². The molecule has 0 amide bonds. The number of aryl methyl sites for hydroxylation is 1. The molecule has 3 heterocycles. The Morgan fingerprint density at radius 3 is 2.67 bits per heavy atom. The predicted molar refractivity (Wildman–Crippen MR) is 87.8 cm³/mol. The van der Waals surface area contributed by atoms with Gasteiger partial charge in [-0.05, 0) is 54.5 Å². The summed E-state index contributed by atoms with van der Waals surface area (Å²) in [5, 5.41) is 8.31. The summed E-state index contributed by atoms with van der Waals surface area (Å²) in [5.41, 5.74) is 2.98. The Hall–Kier alpha value is -3.09. The lowest BCUT2D eigenvalue weighted by Crippen LogP contribution is -2.23. The number of hydrogen-bond acceptors (Lipinski definition) is 5. The quantitative estimate of drug-likeness (QED) is 0.760. The van der Waals surface area contributed by atoms with Crippen LogP contribution in [-0.2, 0) is 0 Å². The van der Waals surface area contributed by atoms with Crippen molar-refractivity contribution in [2.45, 2.75) is 25.2 Å². The summed E-state index contributed by atoms with van der Waals surface area (Å²) < 4.78 is 0. The molecule has 2 atom stereocenters. The van der Waals surface area contributed by atoms with Gasteiger partial charge in [0.2, 0.25) is 0 Å². The number of hydrogen-bond donors (Lipinski definition) is 2. The van der Waals surface area contributed by atoms with Gasteiger partial charge in [0.1, 0.15) is 5.69 Å². The van der Waals surface area contributed by atoms with Crippen LogP contribution in [0.2, 0.25) is 0 Å². The van der Waals surface area contributed by atoms with E-state index in [4.69, 9.17) is 0 Å². The first-order chi connectivity index (χ1) is 11.6. The van der Waals surface area contributed by atoms with Crippen molar-refractivity contribution < 1.29 is 0 Å². The topological polar surface area (TPSA) is 104 Å². The number of nitrogens with zero attached hydrogens (tertiary/aromatic N) is 3. The first-order valence-corrected chi connectivity index (χ1v) is 7.70. The van der Waals surface area contributed by atoms with E-state index in [1.807, 2.05) is 25.1 Å². The van der Waals surface area contributed by atoms with Crippen molar-refractivity contribution in [3.05, 3.63) is 74.4 Å². The summed E-state index contributed by atoms with van der Waals surface area (Å²) in [6.07, 6.45) is 6.01. The van der Waals surface area contributed by atoms with Crippen molar-refractivity contribution in [1.82, 2.24) is 25.1 Å². The van der Waals surface area contributed by atoms with E-state index >= 15 is 0 Å². The molecule has 3 aromatic heterocycles. The Bertz CT molecular complexity index is 1010. The molecule has 0 saturated heterocycles. The summed E-state index contributed by atoms with van der Waals surface area (Å²) >= 11 is 0. The van der Waals surface area contributed by atoms with Gasteiger partial charge in [0.05, 0.1) is 11.3 Å². The average Bonchev–Trinajstić information content (AvgIpc) is 3.37. The maximum atomic E-state index is 12.0. The second-order valence-corrected chi connectivity index (χ2v) is 5.99. The van der Waals surface area contributed by atoms with Crippen molar-refractivity contribution in [3.63, 3.8) is 0 Å². The molecule has 1 saturated carbocycles. The van der Waals surface area contributed by atoms with Gasteiger partial charge in [-0.15, -0.1) is 5.10 Å². The van der Waals surface area contributed by atoms with E-state index in [1.165, 1.54) is 11.8 Å². The second-order valence-electron chi connectivity index (χ2n) is 5.99. The normalized spacial score (nSPS) is 19.2. The molecule has 0 bridgehead atoms. The Morgan fingerprint density at radius 1 is 1.12 bits per heavy atom. The standard InChI is InChI=1S/C17H15N5O2/c1-9-11(13-6-12(13)10-2-4-18-5-3-10)7-15(22-21-9)14-8-19-17(24)20-16(14)23/h2-5,7-8,12-13H,6H2,1H3,(H2,19,20,23,24)/t12-,13-/m1/s1. The van der Waals surface area contributed by atoms with Crippen molar-refractivity contribution >= 4 is 0 Å². The molecule has 1 aliphatic carbocycles. The Labute approximate surface area is 136 Å². The first-order valence-electron chi connectivity index (χ1n) is 7.70. The number of pyridine rings is 1. The summed E-state index contributed by atoms with van der Waals surface area (Å²) in [5.74, 6) is 0.807. The third kappa shape index (κ3) is 2.54. The van der Waals surface area contributed by atoms with Crippen LogP contribution in [0.15, 0.2) is 46.4 Å². The fourth-order valence-electron chi connectivity index (χ4n) is 3.09. The molecule has 1 aliphatic rings. The Morgan fingerprint density at radius 2 is 1.92 bits per heavy atom. The second kappa shape index (κ2) is 5.52. The highest BCUT2D eigenvalue weighted by atomic mass is 16.2. The summed E-state index contributed by atoms with van der Waals surface area (Å²) in [7, 11) is 0. The van der Waals surface area contributed by atoms with E-state index in [2.05, 4.69) is 25.1 Å². The molecule has 2 N–H and O–H groups in total. The lowest BCUT2D eigenvalue weighted by Gasteiger charge is -2.07. The largest absolute Gasteiger partial charge is 0.325 e. The average molecular weight is 321 g/mol. The smallest absolute Gasteiger partial charge is 0.313 e. The third-order valence-corrected chi connectivity index (χ3v) is 4.44. The molecular weight excluding hydrogens is 306 g/mol. The number of aromatic amines is 2. The van der Waals surface area contributed by atoms with E-state index in [1.54, 1.807) is 12.4 Å². The van der Waals surface area contributed by atoms with Gasteiger partial charge >= 0.3 is 5.69 Å². The number of rotatable bonds is 3. The minimum atomic E-state index is -0.538. The lowest BCUT2D eigenvalue weighted by molar-refractivity contribution is 0.911. The summed E-state index contributed by atoms with van der Waals surface area (Å²) in [4.78, 5) is 31.8. The van der Waals surface area contributed by atoms with Crippen LogP contribution in [-0.4, -0.2) is 25.1 Å². The van der Waals surface area contributed by atoms with Crippen molar-refractivity contribution in [1.29, 1.82) is 0 Å². The van der Waals surface area contributed by atoms with Crippen LogP contribution in [0.5, 0.6) is 0 Å². The highest BCUT2D eigenvalue weighted by Gasteiger charge is 2.40. The number of nitrogens with one attached hydrogen (secondary N) is 2. The maximum absolute atomic E-state index is 12.0. The molecule has 0 spiro atoms. The minimum absolute atomic E-state index is 0.310. The third-order valence-electron chi connectivity index (χ3n) is 4.44. The molecular formula is C17H15N5O2. The van der Waals surface area contributed by atoms with Crippen LogP contribution in [0.25, 0.3) is 11.3 Å². The monoisotopic (exact) mass is 321 g/mol. The Balaban J connectivity index is 1.71. The van der Waals surface area contributed by atoms with Gasteiger partial charge in [0.25, 0.3) is 5.56 Å². The van der Waals surface area contributed by atoms with E-state index in [9.17, 15) is 9.59 Å². The summed E-state index contributed by atoms with van der Waals surface area (Å²) in [6, 6.07) is 5.96. The maximum Gasteiger partial charge on any atom is 0.325 e. The molecule has 3 aromatic rings. The minimum Gasteiger partial charge on any atom is -0.313 e. The molecule has 120 valence electrons. The SMILES string of the molecule is Cc1nnc(-c2c[nH]c(=O)[nH]c2=O)cc1[C@H]1C[C@@H]1c1ccncc1. The van der Waals surface area contributed by atoms with Gasteiger partial charge in [-0.2, -0.15) is 5.10 Å².